The van der Waals surface area contributed by atoms with E-state index in [2.05, 4.69) is 20.8 Å². The zero-order chi connectivity index (χ0) is 21.2. The number of aromatic nitrogens is 4. The number of thioether (sulfide) groups is 1. The average Bonchev–Trinajstić information content (AvgIpc) is 3.22. The number of nitrogens with zero attached hydrogens (tertiary/aromatic N) is 4. The van der Waals surface area contributed by atoms with E-state index >= 15 is 0 Å². The van der Waals surface area contributed by atoms with Crippen LogP contribution < -0.4 is 14.8 Å². The maximum atomic E-state index is 6.38. The number of nitrogens with one attached hydrogen (secondary N) is 1. The zero-order valence-corrected chi connectivity index (χ0v) is 18.7. The first kappa shape index (κ1) is 22.4. The molecule has 0 amide bonds. The van der Waals surface area contributed by atoms with Gasteiger partial charge in [-0.1, -0.05) is 41.6 Å². The van der Waals surface area contributed by atoms with E-state index in [0.717, 1.165) is 35.1 Å². The molecule has 9 heteroatoms. The minimum absolute atomic E-state index is 0.544. The highest BCUT2D eigenvalue weighted by atomic mass is 35.5. The number of halogens is 1. The monoisotopic (exact) mass is 447 g/mol. The second-order valence-electron chi connectivity index (χ2n) is 6.36. The van der Waals surface area contributed by atoms with Crippen LogP contribution in [-0.4, -0.2) is 45.7 Å². The summed E-state index contributed by atoms with van der Waals surface area (Å²) in [6.45, 7) is 6.56. The maximum Gasteiger partial charge on any atom is 0.214 e. The Bertz CT molecular complexity index is 923. The molecule has 0 radical (unpaired) electrons. The predicted octanol–water partition coefficient (Wildman–Crippen LogP) is 4.39. The summed E-state index contributed by atoms with van der Waals surface area (Å²) in [6.07, 6.45) is 0.982. The van der Waals surface area contributed by atoms with Crippen molar-refractivity contribution in [2.24, 2.45) is 0 Å². The van der Waals surface area contributed by atoms with E-state index in [1.165, 1.54) is 0 Å². The van der Waals surface area contributed by atoms with Gasteiger partial charge < -0.3 is 14.8 Å². The van der Waals surface area contributed by atoms with Crippen molar-refractivity contribution in [2.45, 2.75) is 32.0 Å². The van der Waals surface area contributed by atoms with Crippen molar-refractivity contribution in [3.05, 3.63) is 53.1 Å². The van der Waals surface area contributed by atoms with Crippen molar-refractivity contribution < 1.29 is 9.47 Å². The van der Waals surface area contributed by atoms with E-state index < -0.39 is 0 Å². The standard InChI is InChI=1S/C21H26ClN5O2S/c1-3-28-19-14-16(13-18(22)20(19)29-4-2)15-23-11-8-12-30-21-24-25-26-27(21)17-9-6-5-7-10-17/h5-7,9-10,13-14,23H,3-4,8,11-12,15H2,1-2H3. The molecule has 0 atom stereocenters. The van der Waals surface area contributed by atoms with Gasteiger partial charge in [-0.15, -0.1) is 5.10 Å². The van der Waals surface area contributed by atoms with Gasteiger partial charge >= 0.3 is 0 Å². The van der Waals surface area contributed by atoms with Gasteiger partial charge in [0, 0.05) is 12.3 Å². The lowest BCUT2D eigenvalue weighted by molar-refractivity contribution is 0.287. The van der Waals surface area contributed by atoms with Crippen LogP contribution in [-0.2, 0) is 6.54 Å². The van der Waals surface area contributed by atoms with Crippen molar-refractivity contribution in [2.75, 3.05) is 25.5 Å². The van der Waals surface area contributed by atoms with E-state index in [1.807, 2.05) is 56.3 Å². The zero-order valence-electron chi connectivity index (χ0n) is 17.2. The Labute approximate surface area is 186 Å². The van der Waals surface area contributed by atoms with E-state index in [0.29, 0.717) is 36.3 Å². The Morgan fingerprint density at radius 2 is 1.90 bits per heavy atom. The number of hydrogen-bond acceptors (Lipinski definition) is 7. The van der Waals surface area contributed by atoms with Crippen LogP contribution in [0.2, 0.25) is 5.02 Å². The Kier molecular flexibility index (Phi) is 8.80. The number of hydrogen-bond donors (Lipinski definition) is 1. The third kappa shape index (κ3) is 6.10. The Morgan fingerprint density at radius 3 is 2.67 bits per heavy atom. The van der Waals surface area contributed by atoms with E-state index in [4.69, 9.17) is 21.1 Å². The van der Waals surface area contributed by atoms with Gasteiger partial charge in [0.15, 0.2) is 11.5 Å². The molecule has 0 fully saturated rings. The molecule has 30 heavy (non-hydrogen) atoms. The van der Waals surface area contributed by atoms with Crippen LogP contribution in [0.4, 0.5) is 0 Å². The molecule has 0 aliphatic carbocycles. The van der Waals surface area contributed by atoms with E-state index in [1.54, 1.807) is 16.4 Å². The summed E-state index contributed by atoms with van der Waals surface area (Å²) in [4.78, 5) is 0. The summed E-state index contributed by atoms with van der Waals surface area (Å²) in [7, 11) is 0. The van der Waals surface area contributed by atoms with Crippen molar-refractivity contribution in [1.82, 2.24) is 25.5 Å². The summed E-state index contributed by atoms with van der Waals surface area (Å²) in [5.41, 5.74) is 2.02. The molecular formula is C21H26ClN5O2S. The molecule has 0 unspecified atom stereocenters. The normalized spacial score (nSPS) is 10.9. The third-order valence-electron chi connectivity index (χ3n) is 4.16. The minimum atomic E-state index is 0.544. The molecule has 160 valence electrons. The molecule has 0 bridgehead atoms. The van der Waals surface area contributed by atoms with Gasteiger partial charge in [-0.05, 0) is 67.1 Å². The number of rotatable bonds is 12. The van der Waals surface area contributed by atoms with Gasteiger partial charge in [0.2, 0.25) is 5.16 Å². The molecule has 1 aromatic heterocycles. The van der Waals surface area contributed by atoms with Gasteiger partial charge in [0.25, 0.3) is 0 Å². The fourth-order valence-corrected chi connectivity index (χ4v) is 3.98. The number of para-hydroxylation sites is 1. The first-order valence-electron chi connectivity index (χ1n) is 9.98. The average molecular weight is 448 g/mol. The van der Waals surface area contributed by atoms with Crippen LogP contribution in [0.3, 0.4) is 0 Å². The van der Waals surface area contributed by atoms with Crippen LogP contribution in [0.5, 0.6) is 11.5 Å². The maximum absolute atomic E-state index is 6.38. The van der Waals surface area contributed by atoms with Crippen LogP contribution in [0, 0.1) is 0 Å². The summed E-state index contributed by atoms with van der Waals surface area (Å²) in [5, 5.41) is 16.8. The third-order valence-corrected chi connectivity index (χ3v) is 5.44. The van der Waals surface area contributed by atoms with Crippen molar-refractivity contribution in [3.8, 4) is 17.2 Å². The lowest BCUT2D eigenvalue weighted by Gasteiger charge is -2.14. The molecule has 2 aromatic carbocycles. The topological polar surface area (TPSA) is 74.1 Å². The second-order valence-corrected chi connectivity index (χ2v) is 7.83. The Hall–Kier alpha value is -2.29. The van der Waals surface area contributed by atoms with Crippen LogP contribution >= 0.6 is 23.4 Å². The smallest absolute Gasteiger partial charge is 0.214 e. The number of benzene rings is 2. The molecule has 1 N–H and O–H groups in total. The Balaban J connectivity index is 1.46. The van der Waals surface area contributed by atoms with Crippen molar-refractivity contribution in [1.29, 1.82) is 0 Å². The molecule has 0 aliphatic heterocycles. The molecule has 0 saturated carbocycles. The highest BCUT2D eigenvalue weighted by Crippen LogP contribution is 2.36. The molecule has 0 spiro atoms. The first-order chi connectivity index (χ1) is 14.7. The predicted molar refractivity (Wildman–Crippen MR) is 120 cm³/mol. The summed E-state index contributed by atoms with van der Waals surface area (Å²) >= 11 is 8.02. The minimum Gasteiger partial charge on any atom is -0.490 e. The van der Waals surface area contributed by atoms with Crippen LogP contribution in [0.15, 0.2) is 47.6 Å². The molecule has 1 heterocycles. The van der Waals surface area contributed by atoms with Crippen molar-refractivity contribution >= 4 is 23.4 Å². The summed E-state index contributed by atoms with van der Waals surface area (Å²) in [5.74, 6) is 2.21. The lowest BCUT2D eigenvalue weighted by Crippen LogP contribution is -2.15. The summed E-state index contributed by atoms with van der Waals surface area (Å²) < 4.78 is 13.1. The highest BCUT2D eigenvalue weighted by molar-refractivity contribution is 7.99. The highest BCUT2D eigenvalue weighted by Gasteiger charge is 2.12. The number of ether oxygens (including phenoxy) is 2. The van der Waals surface area contributed by atoms with E-state index in [-0.39, 0.29) is 0 Å². The van der Waals surface area contributed by atoms with Gasteiger partial charge in [0.05, 0.1) is 23.9 Å². The lowest BCUT2D eigenvalue weighted by atomic mass is 10.2. The van der Waals surface area contributed by atoms with Gasteiger partial charge in [-0.25, -0.2) is 0 Å². The molecule has 0 saturated heterocycles. The first-order valence-corrected chi connectivity index (χ1v) is 11.3. The molecule has 3 aromatic rings. The molecule has 7 nitrogen and oxygen atoms in total. The largest absolute Gasteiger partial charge is 0.490 e. The molecule has 0 aliphatic rings. The fraction of sp³-hybridized carbons (Fsp3) is 0.381. The van der Waals surface area contributed by atoms with Gasteiger partial charge in [-0.2, -0.15) is 4.68 Å². The fourth-order valence-electron chi connectivity index (χ4n) is 2.86. The molecular weight excluding hydrogens is 422 g/mol. The van der Waals surface area contributed by atoms with Gasteiger partial charge in [-0.3, -0.25) is 0 Å². The van der Waals surface area contributed by atoms with Crippen molar-refractivity contribution in [3.63, 3.8) is 0 Å². The summed E-state index contributed by atoms with van der Waals surface area (Å²) in [6, 6.07) is 13.8. The van der Waals surface area contributed by atoms with Crippen LogP contribution in [0.25, 0.3) is 5.69 Å². The Morgan fingerprint density at radius 1 is 1.10 bits per heavy atom. The number of tetrazole rings is 1. The van der Waals surface area contributed by atoms with E-state index in [9.17, 15) is 0 Å². The van der Waals surface area contributed by atoms with Crippen LogP contribution in [0.1, 0.15) is 25.8 Å². The SMILES string of the molecule is CCOc1cc(CNCCCSc2nnnn2-c2ccccc2)cc(Cl)c1OCC. The molecule has 3 rings (SSSR count). The second kappa shape index (κ2) is 11.8. The van der Waals surface area contributed by atoms with Gasteiger partial charge in [0.1, 0.15) is 0 Å². The quantitative estimate of drug-likeness (QED) is 0.326.